The van der Waals surface area contributed by atoms with Crippen LogP contribution in [0.1, 0.15) is 12.8 Å². The Hall–Kier alpha value is -0.910. The Morgan fingerprint density at radius 2 is 2.17 bits per heavy atom. The highest BCUT2D eigenvalue weighted by Gasteiger charge is 2.44. The van der Waals surface area contributed by atoms with E-state index in [1.165, 1.54) is 0 Å². The Kier molecular flexibility index (Phi) is 2.46. The number of hydrogen-bond acceptors (Lipinski definition) is 2. The highest BCUT2D eigenvalue weighted by molar-refractivity contribution is 5.72. The van der Waals surface area contributed by atoms with E-state index in [1.54, 1.807) is 0 Å². The zero-order chi connectivity index (χ0) is 9.19. The number of hydrogen-bond donors (Lipinski definition) is 3. The number of halogens is 2. The quantitative estimate of drug-likeness (QED) is 0.322. The van der Waals surface area contributed by atoms with E-state index in [1.807, 2.05) is 5.43 Å². The number of rotatable bonds is 2. The average molecular weight is 179 g/mol. The molecule has 6 heteroatoms. The van der Waals surface area contributed by atoms with Gasteiger partial charge >= 0.3 is 6.03 Å². The molecule has 0 aliphatic heterocycles. The molecule has 4 N–H and O–H groups in total. The minimum absolute atomic E-state index is 0.114. The van der Waals surface area contributed by atoms with E-state index in [-0.39, 0.29) is 25.3 Å². The predicted molar refractivity (Wildman–Crippen MR) is 38.4 cm³/mol. The van der Waals surface area contributed by atoms with Crippen LogP contribution in [0.3, 0.4) is 0 Å². The van der Waals surface area contributed by atoms with Crippen LogP contribution in [0.25, 0.3) is 0 Å². The summed E-state index contributed by atoms with van der Waals surface area (Å²) in [6.07, 6.45) is -0.282. The lowest BCUT2D eigenvalue weighted by Crippen LogP contribution is -2.46. The predicted octanol–water partition coefficient (Wildman–Crippen LogP) is 0.205. The van der Waals surface area contributed by atoms with Gasteiger partial charge in [0.25, 0.3) is 0 Å². The first-order valence-corrected chi connectivity index (χ1v) is 3.66. The maximum absolute atomic E-state index is 12.2. The molecule has 0 aromatic carbocycles. The van der Waals surface area contributed by atoms with E-state index in [0.29, 0.717) is 0 Å². The van der Waals surface area contributed by atoms with Gasteiger partial charge in [0.05, 0.1) is 0 Å². The average Bonchev–Trinajstić information content (AvgIpc) is 1.96. The molecular weight excluding hydrogens is 168 g/mol. The Labute approximate surface area is 68.5 Å². The maximum Gasteiger partial charge on any atom is 0.328 e. The van der Waals surface area contributed by atoms with E-state index in [0.717, 1.165) is 0 Å². The van der Waals surface area contributed by atoms with Gasteiger partial charge in [-0.2, -0.15) is 0 Å². The molecule has 0 unspecified atom stereocenters. The van der Waals surface area contributed by atoms with E-state index >= 15 is 0 Å². The Balaban J connectivity index is 2.08. The van der Waals surface area contributed by atoms with E-state index in [4.69, 9.17) is 5.84 Å². The van der Waals surface area contributed by atoms with Crippen LogP contribution in [0.5, 0.6) is 0 Å². The first-order valence-electron chi connectivity index (χ1n) is 3.66. The highest BCUT2D eigenvalue weighted by Crippen LogP contribution is 2.41. The van der Waals surface area contributed by atoms with Gasteiger partial charge in [0.2, 0.25) is 5.92 Å². The Bertz CT molecular complexity index is 178. The fourth-order valence-electron chi connectivity index (χ4n) is 1.22. The summed E-state index contributed by atoms with van der Waals surface area (Å²) in [5.41, 5.74) is 1.85. The molecule has 0 aromatic heterocycles. The summed E-state index contributed by atoms with van der Waals surface area (Å²) in [6, 6.07) is -0.537. The van der Waals surface area contributed by atoms with E-state index in [2.05, 4.69) is 5.32 Å². The van der Waals surface area contributed by atoms with Crippen LogP contribution in [-0.2, 0) is 0 Å². The summed E-state index contributed by atoms with van der Waals surface area (Å²) >= 11 is 0. The lowest BCUT2D eigenvalue weighted by Gasteiger charge is -2.34. The van der Waals surface area contributed by atoms with Gasteiger partial charge in [-0.1, -0.05) is 0 Å². The third-order valence-electron chi connectivity index (χ3n) is 1.86. The van der Waals surface area contributed by atoms with Gasteiger partial charge in [0.1, 0.15) is 0 Å². The van der Waals surface area contributed by atoms with Crippen molar-refractivity contribution in [2.24, 2.45) is 11.8 Å². The van der Waals surface area contributed by atoms with Crippen LogP contribution in [0.15, 0.2) is 0 Å². The number of carbonyl (C=O) groups is 1. The first-order chi connectivity index (χ1) is 5.53. The van der Waals surface area contributed by atoms with Crippen molar-refractivity contribution in [1.82, 2.24) is 10.7 Å². The molecule has 0 spiro atoms. The molecule has 12 heavy (non-hydrogen) atoms. The van der Waals surface area contributed by atoms with Gasteiger partial charge in [-0.3, -0.25) is 5.43 Å². The van der Waals surface area contributed by atoms with Crippen LogP contribution in [0.2, 0.25) is 0 Å². The number of carbonyl (C=O) groups excluding carboxylic acids is 1. The number of alkyl halides is 2. The third-order valence-corrected chi connectivity index (χ3v) is 1.86. The molecule has 1 rings (SSSR count). The zero-order valence-electron chi connectivity index (χ0n) is 6.44. The monoisotopic (exact) mass is 179 g/mol. The zero-order valence-corrected chi connectivity index (χ0v) is 6.44. The standard InChI is InChI=1S/C6H11F2N3O/c7-6(8)1-4(2-6)3-10-5(12)11-9/h4H,1-3,9H2,(H2,10,11,12). The van der Waals surface area contributed by atoms with Crippen molar-refractivity contribution in [1.29, 1.82) is 0 Å². The molecule has 1 aliphatic rings. The summed E-state index contributed by atoms with van der Waals surface area (Å²) in [7, 11) is 0. The smallest absolute Gasteiger partial charge is 0.328 e. The van der Waals surface area contributed by atoms with Crippen LogP contribution in [0.4, 0.5) is 13.6 Å². The summed E-state index contributed by atoms with van der Waals surface area (Å²) in [6.45, 7) is 0.263. The largest absolute Gasteiger partial charge is 0.337 e. The summed E-state index contributed by atoms with van der Waals surface area (Å²) in [5, 5.41) is 2.36. The van der Waals surface area contributed by atoms with Crippen LogP contribution >= 0.6 is 0 Å². The lowest BCUT2D eigenvalue weighted by atomic mass is 9.81. The fourth-order valence-corrected chi connectivity index (χ4v) is 1.22. The molecular formula is C6H11F2N3O. The number of nitrogens with two attached hydrogens (primary N) is 1. The Morgan fingerprint density at radius 1 is 1.58 bits per heavy atom. The lowest BCUT2D eigenvalue weighted by molar-refractivity contribution is -0.108. The normalized spacial score (nSPS) is 21.2. The van der Waals surface area contributed by atoms with Gasteiger partial charge in [-0.05, 0) is 5.92 Å². The number of urea groups is 1. The molecule has 1 aliphatic carbocycles. The van der Waals surface area contributed by atoms with Gasteiger partial charge in [-0.25, -0.2) is 19.4 Å². The van der Waals surface area contributed by atoms with Gasteiger partial charge < -0.3 is 5.32 Å². The molecule has 0 heterocycles. The molecule has 1 saturated carbocycles. The van der Waals surface area contributed by atoms with Gasteiger partial charge in [0.15, 0.2) is 0 Å². The van der Waals surface area contributed by atoms with Gasteiger partial charge in [-0.15, -0.1) is 0 Å². The van der Waals surface area contributed by atoms with Crippen LogP contribution in [-0.4, -0.2) is 18.5 Å². The molecule has 2 amide bonds. The Morgan fingerprint density at radius 3 is 2.58 bits per heavy atom. The second-order valence-electron chi connectivity index (χ2n) is 2.98. The number of hydrazine groups is 1. The van der Waals surface area contributed by atoms with Crippen molar-refractivity contribution in [3.05, 3.63) is 0 Å². The third kappa shape index (κ3) is 2.30. The summed E-state index contributed by atoms with van der Waals surface area (Å²) in [4.78, 5) is 10.5. The molecule has 1 fully saturated rings. The topological polar surface area (TPSA) is 67.1 Å². The molecule has 0 bridgehead atoms. The second kappa shape index (κ2) is 3.22. The molecule has 0 aromatic rings. The van der Waals surface area contributed by atoms with Crippen molar-refractivity contribution in [2.75, 3.05) is 6.54 Å². The molecule has 70 valence electrons. The molecule has 0 radical (unpaired) electrons. The van der Waals surface area contributed by atoms with Crippen LogP contribution in [0, 0.1) is 5.92 Å². The van der Waals surface area contributed by atoms with Crippen molar-refractivity contribution in [2.45, 2.75) is 18.8 Å². The highest BCUT2D eigenvalue weighted by atomic mass is 19.3. The summed E-state index contributed by atoms with van der Waals surface area (Å²) in [5.74, 6) is 2.12. The first kappa shape index (κ1) is 9.18. The second-order valence-corrected chi connectivity index (χ2v) is 2.98. The van der Waals surface area contributed by atoms with Crippen molar-refractivity contribution in [3.8, 4) is 0 Å². The number of amides is 2. The van der Waals surface area contributed by atoms with Crippen molar-refractivity contribution < 1.29 is 13.6 Å². The molecule has 4 nitrogen and oxygen atoms in total. The van der Waals surface area contributed by atoms with Crippen molar-refractivity contribution >= 4 is 6.03 Å². The summed E-state index contributed by atoms with van der Waals surface area (Å²) < 4.78 is 24.5. The van der Waals surface area contributed by atoms with E-state index < -0.39 is 12.0 Å². The van der Waals surface area contributed by atoms with Gasteiger partial charge in [0, 0.05) is 19.4 Å². The SMILES string of the molecule is NNC(=O)NCC1CC(F)(F)C1. The number of nitrogens with one attached hydrogen (secondary N) is 2. The fraction of sp³-hybridized carbons (Fsp3) is 0.833. The molecule has 0 atom stereocenters. The minimum Gasteiger partial charge on any atom is -0.337 e. The molecule has 0 saturated heterocycles. The van der Waals surface area contributed by atoms with Crippen LogP contribution < -0.4 is 16.6 Å². The minimum atomic E-state index is -2.52. The van der Waals surface area contributed by atoms with Crippen molar-refractivity contribution in [3.63, 3.8) is 0 Å². The maximum atomic E-state index is 12.2. The van der Waals surface area contributed by atoms with E-state index in [9.17, 15) is 13.6 Å².